The van der Waals surface area contributed by atoms with E-state index in [-0.39, 0.29) is 23.5 Å². The second kappa shape index (κ2) is 10.2. The minimum absolute atomic E-state index is 0.0220. The molecule has 8 heteroatoms. The largest absolute Gasteiger partial charge is 0.493 e. The molecule has 0 fully saturated rings. The van der Waals surface area contributed by atoms with Crippen molar-refractivity contribution in [3.63, 3.8) is 0 Å². The number of hydrogen-bond acceptors (Lipinski definition) is 6. The molecule has 34 heavy (non-hydrogen) atoms. The Kier molecular flexibility index (Phi) is 6.96. The van der Waals surface area contributed by atoms with Crippen LogP contribution in [0.4, 0.5) is 5.69 Å². The summed E-state index contributed by atoms with van der Waals surface area (Å²) in [6.45, 7) is 2.39. The van der Waals surface area contributed by atoms with Crippen molar-refractivity contribution >= 4 is 23.2 Å². The van der Waals surface area contributed by atoms with Crippen LogP contribution in [0.2, 0.25) is 0 Å². The Bertz CT molecular complexity index is 1190. The molecule has 0 bridgehead atoms. The van der Waals surface area contributed by atoms with Gasteiger partial charge in [0.05, 0.1) is 32.7 Å². The Balaban J connectivity index is 1.53. The van der Waals surface area contributed by atoms with Crippen LogP contribution in [0.1, 0.15) is 41.4 Å². The molecule has 2 amide bonds. The lowest BCUT2D eigenvalue weighted by atomic mass is 9.89. The summed E-state index contributed by atoms with van der Waals surface area (Å²) in [5.41, 5.74) is 3.29. The first-order chi connectivity index (χ1) is 16.5. The summed E-state index contributed by atoms with van der Waals surface area (Å²) in [5.74, 6) is 1.19. The SMILES string of the molecule is CCC1CC(=O)N(Cc2ccc(NC(=O)c3ccco3)cc2)N=C1c1ccc(OC)c(OC)c1. The summed E-state index contributed by atoms with van der Waals surface area (Å²) >= 11 is 0. The molecule has 0 spiro atoms. The van der Waals surface area contributed by atoms with Gasteiger partial charge in [0.2, 0.25) is 5.91 Å². The molecular weight excluding hydrogens is 434 g/mol. The maximum atomic E-state index is 12.8. The molecule has 176 valence electrons. The second-order valence-electron chi connectivity index (χ2n) is 7.94. The van der Waals surface area contributed by atoms with E-state index in [2.05, 4.69) is 12.2 Å². The molecule has 1 aliphatic heterocycles. The minimum atomic E-state index is -0.321. The predicted molar refractivity (Wildman–Crippen MR) is 128 cm³/mol. The van der Waals surface area contributed by atoms with Crippen molar-refractivity contribution in [1.29, 1.82) is 0 Å². The van der Waals surface area contributed by atoms with Gasteiger partial charge in [-0.2, -0.15) is 5.10 Å². The number of nitrogens with zero attached hydrogens (tertiary/aromatic N) is 2. The molecule has 1 unspecified atom stereocenters. The van der Waals surface area contributed by atoms with Gasteiger partial charge in [-0.3, -0.25) is 9.59 Å². The molecule has 0 saturated carbocycles. The van der Waals surface area contributed by atoms with Crippen molar-refractivity contribution in [2.24, 2.45) is 11.0 Å². The van der Waals surface area contributed by atoms with E-state index in [1.807, 2.05) is 30.3 Å². The van der Waals surface area contributed by atoms with Gasteiger partial charge in [0.15, 0.2) is 17.3 Å². The van der Waals surface area contributed by atoms with Gasteiger partial charge in [-0.1, -0.05) is 19.1 Å². The van der Waals surface area contributed by atoms with E-state index in [9.17, 15) is 9.59 Å². The molecule has 2 aromatic carbocycles. The maximum Gasteiger partial charge on any atom is 0.291 e. The summed E-state index contributed by atoms with van der Waals surface area (Å²) in [7, 11) is 3.19. The van der Waals surface area contributed by atoms with Crippen LogP contribution in [0.15, 0.2) is 70.4 Å². The third-order valence-corrected chi connectivity index (χ3v) is 5.79. The van der Waals surface area contributed by atoms with Crippen molar-refractivity contribution in [3.05, 3.63) is 77.7 Å². The lowest BCUT2D eigenvalue weighted by Gasteiger charge is -2.29. The number of carbonyl (C=O) groups is 2. The fraction of sp³-hybridized carbons (Fsp3) is 0.269. The Hall–Kier alpha value is -4.07. The molecule has 1 N–H and O–H groups in total. The first-order valence-electron chi connectivity index (χ1n) is 11.1. The van der Waals surface area contributed by atoms with Crippen LogP contribution in [0.3, 0.4) is 0 Å². The van der Waals surface area contributed by atoms with E-state index in [0.717, 1.165) is 23.3 Å². The number of ether oxygens (including phenoxy) is 2. The quantitative estimate of drug-likeness (QED) is 0.524. The lowest BCUT2D eigenvalue weighted by molar-refractivity contribution is -0.133. The van der Waals surface area contributed by atoms with Crippen molar-refractivity contribution < 1.29 is 23.5 Å². The van der Waals surface area contributed by atoms with Crippen LogP contribution in [-0.4, -0.2) is 36.8 Å². The zero-order valence-corrected chi connectivity index (χ0v) is 19.4. The average molecular weight is 462 g/mol. The van der Waals surface area contributed by atoms with E-state index < -0.39 is 0 Å². The maximum absolute atomic E-state index is 12.8. The summed E-state index contributed by atoms with van der Waals surface area (Å²) in [6, 6.07) is 16.2. The van der Waals surface area contributed by atoms with E-state index in [1.54, 1.807) is 38.5 Å². The fourth-order valence-corrected chi connectivity index (χ4v) is 3.90. The first-order valence-corrected chi connectivity index (χ1v) is 11.1. The molecule has 0 saturated heterocycles. The number of furan rings is 1. The minimum Gasteiger partial charge on any atom is -0.493 e. The van der Waals surface area contributed by atoms with Crippen LogP contribution >= 0.6 is 0 Å². The van der Waals surface area contributed by atoms with Crippen molar-refractivity contribution in [2.45, 2.75) is 26.3 Å². The van der Waals surface area contributed by atoms with Gasteiger partial charge in [0, 0.05) is 23.6 Å². The number of hydrogen-bond donors (Lipinski definition) is 1. The summed E-state index contributed by atoms with van der Waals surface area (Å²) in [6.07, 6.45) is 2.64. The van der Waals surface area contributed by atoms with Gasteiger partial charge in [-0.15, -0.1) is 0 Å². The molecule has 3 aromatic rings. The van der Waals surface area contributed by atoms with Crippen LogP contribution in [0.25, 0.3) is 0 Å². The zero-order valence-electron chi connectivity index (χ0n) is 19.4. The van der Waals surface area contributed by atoms with Crippen molar-refractivity contribution in [1.82, 2.24) is 5.01 Å². The number of nitrogens with one attached hydrogen (secondary N) is 1. The van der Waals surface area contributed by atoms with E-state index in [0.29, 0.717) is 30.2 Å². The average Bonchev–Trinajstić information content (AvgIpc) is 3.41. The highest BCUT2D eigenvalue weighted by Gasteiger charge is 2.29. The molecule has 4 rings (SSSR count). The molecule has 8 nitrogen and oxygen atoms in total. The highest BCUT2D eigenvalue weighted by molar-refractivity contribution is 6.06. The topological polar surface area (TPSA) is 93.4 Å². The Morgan fingerprint density at radius 3 is 2.53 bits per heavy atom. The van der Waals surface area contributed by atoms with Crippen molar-refractivity contribution in [2.75, 3.05) is 19.5 Å². The second-order valence-corrected chi connectivity index (χ2v) is 7.94. The van der Waals surface area contributed by atoms with Crippen molar-refractivity contribution in [3.8, 4) is 11.5 Å². The lowest BCUT2D eigenvalue weighted by Crippen LogP contribution is -2.36. The summed E-state index contributed by atoms with van der Waals surface area (Å²) in [4.78, 5) is 25.0. The number of rotatable bonds is 8. The highest BCUT2D eigenvalue weighted by atomic mass is 16.5. The van der Waals surface area contributed by atoms with Gasteiger partial charge in [0.25, 0.3) is 5.91 Å². The van der Waals surface area contributed by atoms with Crippen LogP contribution in [0.5, 0.6) is 11.5 Å². The number of benzene rings is 2. The Morgan fingerprint density at radius 1 is 1.12 bits per heavy atom. The molecule has 0 aliphatic carbocycles. The van der Waals surface area contributed by atoms with Crippen LogP contribution in [0, 0.1) is 5.92 Å². The van der Waals surface area contributed by atoms with Crippen LogP contribution in [-0.2, 0) is 11.3 Å². The smallest absolute Gasteiger partial charge is 0.291 e. The molecular formula is C26H27N3O5. The third-order valence-electron chi connectivity index (χ3n) is 5.79. The summed E-state index contributed by atoms with van der Waals surface area (Å²) < 4.78 is 15.9. The Labute approximate surface area is 198 Å². The van der Waals surface area contributed by atoms with Gasteiger partial charge < -0.3 is 19.2 Å². The van der Waals surface area contributed by atoms with E-state index in [1.165, 1.54) is 11.3 Å². The fourth-order valence-electron chi connectivity index (χ4n) is 3.90. The molecule has 1 aliphatic rings. The number of carbonyl (C=O) groups excluding carboxylic acids is 2. The van der Waals surface area contributed by atoms with E-state index in [4.69, 9.17) is 19.0 Å². The summed E-state index contributed by atoms with van der Waals surface area (Å²) in [5, 5.41) is 9.03. The predicted octanol–water partition coefficient (Wildman–Crippen LogP) is 4.71. The zero-order chi connectivity index (χ0) is 24.1. The normalized spacial score (nSPS) is 15.6. The Morgan fingerprint density at radius 2 is 1.88 bits per heavy atom. The number of anilines is 1. The number of methoxy groups -OCH3 is 2. The number of amides is 2. The monoisotopic (exact) mass is 461 g/mol. The standard InChI is InChI=1S/C26H27N3O5/c1-4-18-15-24(30)29(28-25(18)19-9-12-21(32-2)23(14-19)33-3)16-17-7-10-20(11-8-17)27-26(31)22-6-5-13-34-22/h5-14,18H,4,15-16H2,1-3H3,(H,27,31). The first kappa shape index (κ1) is 23.1. The molecule has 0 radical (unpaired) electrons. The van der Waals surface area contributed by atoms with Gasteiger partial charge in [-0.05, 0) is 54.4 Å². The highest BCUT2D eigenvalue weighted by Crippen LogP contribution is 2.31. The van der Waals surface area contributed by atoms with E-state index >= 15 is 0 Å². The number of hydrazone groups is 1. The van der Waals surface area contributed by atoms with Gasteiger partial charge in [-0.25, -0.2) is 5.01 Å². The molecule has 1 atom stereocenters. The van der Waals surface area contributed by atoms with Crippen LogP contribution < -0.4 is 14.8 Å². The van der Waals surface area contributed by atoms with Gasteiger partial charge >= 0.3 is 0 Å². The molecule has 1 aromatic heterocycles. The van der Waals surface area contributed by atoms with Gasteiger partial charge in [0.1, 0.15) is 0 Å². The third kappa shape index (κ3) is 4.96. The molecule has 2 heterocycles.